The van der Waals surface area contributed by atoms with E-state index < -0.39 is 11.6 Å². The third-order valence-electron chi connectivity index (χ3n) is 1.79. The molecule has 0 fully saturated rings. The fraction of sp³-hybridized carbons (Fsp3) is 0.300. The van der Waals surface area contributed by atoms with Crippen molar-refractivity contribution in [3.63, 3.8) is 0 Å². The van der Waals surface area contributed by atoms with Crippen LogP contribution in [0.5, 0.6) is 5.75 Å². The van der Waals surface area contributed by atoms with Crippen molar-refractivity contribution in [2.75, 3.05) is 5.88 Å². The first-order chi connectivity index (χ1) is 6.58. The molecular weight excluding hydrogens is 220 g/mol. The molecule has 0 spiro atoms. The molecule has 1 unspecified atom stereocenters. The average molecular weight is 233 g/mol. The number of aliphatic carboxylic acids is 1. The summed E-state index contributed by atoms with van der Waals surface area (Å²) >= 11 is 5.55. The monoisotopic (exact) mass is 232 g/mol. The van der Waals surface area contributed by atoms with E-state index in [0.717, 1.165) is 0 Å². The second kappa shape index (κ2) is 5.58. The van der Waals surface area contributed by atoms with E-state index in [9.17, 15) is 4.79 Å². The maximum absolute atomic E-state index is 10.8. The van der Waals surface area contributed by atoms with E-state index in [-0.39, 0.29) is 11.4 Å². The first kappa shape index (κ1) is 13.7. The van der Waals surface area contributed by atoms with Gasteiger partial charge >= 0.3 is 5.97 Å². The summed E-state index contributed by atoms with van der Waals surface area (Å²) in [5, 5.41) is 8.88. The van der Waals surface area contributed by atoms with Crippen molar-refractivity contribution in [2.24, 2.45) is 0 Å². The molecule has 1 rings (SSSR count). The van der Waals surface area contributed by atoms with Crippen LogP contribution >= 0.6 is 11.6 Å². The molecule has 0 aliphatic rings. The van der Waals surface area contributed by atoms with Gasteiger partial charge in [0.05, 0.1) is 5.88 Å². The van der Waals surface area contributed by atoms with Gasteiger partial charge in [0.1, 0.15) is 5.75 Å². The summed E-state index contributed by atoms with van der Waals surface area (Å²) in [5.74, 6) is -0.675. The van der Waals surface area contributed by atoms with Crippen molar-refractivity contribution in [1.82, 2.24) is 0 Å². The Labute approximate surface area is 92.7 Å². The van der Waals surface area contributed by atoms with Crippen LogP contribution in [0.2, 0.25) is 0 Å². The quantitative estimate of drug-likeness (QED) is 0.796. The fourth-order valence-electron chi connectivity index (χ4n) is 0.877. The van der Waals surface area contributed by atoms with Gasteiger partial charge in [-0.25, -0.2) is 4.79 Å². The number of ether oxygens (including phenoxy) is 1. The molecule has 1 aromatic carbocycles. The first-order valence-corrected chi connectivity index (χ1v) is 4.65. The SMILES string of the molecule is CC(CCl)(Oc1ccccc1)C(=O)O.O. The second-order valence-corrected chi connectivity index (χ2v) is 3.35. The summed E-state index contributed by atoms with van der Waals surface area (Å²) in [7, 11) is 0. The number of para-hydroxylation sites is 1. The molecule has 4 nitrogen and oxygen atoms in total. The van der Waals surface area contributed by atoms with Crippen molar-refractivity contribution >= 4 is 17.6 Å². The zero-order valence-corrected chi connectivity index (χ0v) is 8.99. The van der Waals surface area contributed by atoms with Gasteiger partial charge in [-0.05, 0) is 19.1 Å². The third kappa shape index (κ3) is 3.42. The molecule has 0 amide bonds. The highest BCUT2D eigenvalue weighted by Gasteiger charge is 2.34. The molecule has 0 bridgehead atoms. The number of rotatable bonds is 4. The van der Waals surface area contributed by atoms with E-state index in [1.54, 1.807) is 24.3 Å². The number of carboxylic acids is 1. The molecular formula is C10H13ClO4. The molecule has 0 saturated heterocycles. The van der Waals surface area contributed by atoms with E-state index in [1.165, 1.54) is 6.92 Å². The molecule has 1 aromatic rings. The largest absolute Gasteiger partial charge is 0.478 e. The lowest BCUT2D eigenvalue weighted by Crippen LogP contribution is -2.43. The Bertz CT molecular complexity index is 314. The summed E-state index contributed by atoms with van der Waals surface area (Å²) in [6, 6.07) is 8.74. The van der Waals surface area contributed by atoms with Crippen molar-refractivity contribution in [3.05, 3.63) is 30.3 Å². The number of alkyl halides is 1. The number of benzene rings is 1. The topological polar surface area (TPSA) is 78.0 Å². The second-order valence-electron chi connectivity index (χ2n) is 3.08. The highest BCUT2D eigenvalue weighted by atomic mass is 35.5. The van der Waals surface area contributed by atoms with Crippen LogP contribution in [0, 0.1) is 0 Å². The maximum atomic E-state index is 10.8. The van der Waals surface area contributed by atoms with Crippen LogP contribution in [0.25, 0.3) is 0 Å². The van der Waals surface area contributed by atoms with E-state index in [2.05, 4.69) is 0 Å². The summed E-state index contributed by atoms with van der Waals surface area (Å²) in [6.45, 7) is 1.44. The molecule has 0 aliphatic heterocycles. The Kier molecular flexibility index (Phi) is 5.11. The minimum atomic E-state index is -1.37. The Hall–Kier alpha value is -1.26. The van der Waals surface area contributed by atoms with Gasteiger partial charge in [-0.2, -0.15) is 0 Å². The van der Waals surface area contributed by atoms with Gasteiger partial charge in [-0.15, -0.1) is 11.6 Å². The van der Waals surface area contributed by atoms with Crippen LogP contribution in [0.1, 0.15) is 6.92 Å². The number of carboxylic acid groups (broad SMARTS) is 1. The summed E-state index contributed by atoms with van der Waals surface area (Å²) in [5.41, 5.74) is -1.37. The van der Waals surface area contributed by atoms with Crippen LogP contribution < -0.4 is 4.74 Å². The Morgan fingerprint density at radius 3 is 2.40 bits per heavy atom. The first-order valence-electron chi connectivity index (χ1n) is 4.12. The number of hydrogen-bond acceptors (Lipinski definition) is 2. The van der Waals surface area contributed by atoms with Crippen LogP contribution in [-0.4, -0.2) is 28.0 Å². The smallest absolute Gasteiger partial charge is 0.349 e. The van der Waals surface area contributed by atoms with Crippen LogP contribution in [-0.2, 0) is 4.79 Å². The van der Waals surface area contributed by atoms with Gasteiger partial charge in [0.2, 0.25) is 5.60 Å². The van der Waals surface area contributed by atoms with Gasteiger partial charge < -0.3 is 15.3 Å². The minimum absolute atomic E-state index is 0. The van der Waals surface area contributed by atoms with Gasteiger partial charge in [0.25, 0.3) is 0 Å². The predicted molar refractivity (Wildman–Crippen MR) is 57.4 cm³/mol. The minimum Gasteiger partial charge on any atom is -0.478 e. The lowest BCUT2D eigenvalue weighted by molar-refractivity contribution is -0.151. The number of carbonyl (C=O) groups is 1. The van der Waals surface area contributed by atoms with E-state index >= 15 is 0 Å². The normalized spacial score (nSPS) is 13.5. The molecule has 0 saturated carbocycles. The summed E-state index contributed by atoms with van der Waals surface area (Å²) in [4.78, 5) is 10.8. The Balaban J connectivity index is 0.00000196. The van der Waals surface area contributed by atoms with Crippen molar-refractivity contribution in [2.45, 2.75) is 12.5 Å². The number of halogens is 1. The highest BCUT2D eigenvalue weighted by molar-refractivity contribution is 6.20. The van der Waals surface area contributed by atoms with Crippen molar-refractivity contribution in [1.29, 1.82) is 0 Å². The van der Waals surface area contributed by atoms with Crippen molar-refractivity contribution < 1.29 is 20.1 Å². The molecule has 15 heavy (non-hydrogen) atoms. The maximum Gasteiger partial charge on any atom is 0.349 e. The lowest BCUT2D eigenvalue weighted by Gasteiger charge is -2.23. The molecule has 0 aliphatic carbocycles. The molecule has 0 heterocycles. The van der Waals surface area contributed by atoms with Gasteiger partial charge in [0, 0.05) is 0 Å². The van der Waals surface area contributed by atoms with Crippen LogP contribution in [0.4, 0.5) is 0 Å². The molecule has 5 heteroatoms. The van der Waals surface area contributed by atoms with Gasteiger partial charge in [0.15, 0.2) is 0 Å². The molecule has 3 N–H and O–H groups in total. The highest BCUT2D eigenvalue weighted by Crippen LogP contribution is 2.19. The molecule has 0 radical (unpaired) electrons. The van der Waals surface area contributed by atoms with Crippen molar-refractivity contribution in [3.8, 4) is 5.75 Å². The van der Waals surface area contributed by atoms with E-state index in [1.807, 2.05) is 6.07 Å². The standard InChI is InChI=1S/C10H11ClO3.H2O/c1-10(7-11,9(12)13)14-8-5-3-2-4-6-8;/h2-6H,7H2,1H3,(H,12,13);1H2. The lowest BCUT2D eigenvalue weighted by atomic mass is 10.1. The van der Waals surface area contributed by atoms with E-state index in [4.69, 9.17) is 21.4 Å². The third-order valence-corrected chi connectivity index (χ3v) is 2.30. The zero-order chi connectivity index (χ0) is 10.6. The molecule has 0 aromatic heterocycles. The fourth-order valence-corrected chi connectivity index (χ4v) is 1.05. The van der Waals surface area contributed by atoms with E-state index in [0.29, 0.717) is 5.75 Å². The Morgan fingerprint density at radius 1 is 1.47 bits per heavy atom. The predicted octanol–water partition coefficient (Wildman–Crippen LogP) is 1.32. The number of hydrogen-bond donors (Lipinski definition) is 1. The Morgan fingerprint density at radius 2 is 2.00 bits per heavy atom. The van der Waals surface area contributed by atoms with Crippen LogP contribution in [0.15, 0.2) is 30.3 Å². The van der Waals surface area contributed by atoms with Gasteiger partial charge in [-0.1, -0.05) is 18.2 Å². The average Bonchev–Trinajstić information content (AvgIpc) is 2.19. The van der Waals surface area contributed by atoms with Crippen LogP contribution in [0.3, 0.4) is 0 Å². The van der Waals surface area contributed by atoms with Gasteiger partial charge in [-0.3, -0.25) is 0 Å². The summed E-state index contributed by atoms with van der Waals surface area (Å²) < 4.78 is 5.28. The molecule has 84 valence electrons. The molecule has 1 atom stereocenters. The zero-order valence-electron chi connectivity index (χ0n) is 8.24. The summed E-state index contributed by atoms with van der Waals surface area (Å²) in [6.07, 6.45) is 0.